The van der Waals surface area contributed by atoms with Gasteiger partial charge in [0, 0.05) is 18.5 Å². The first-order chi connectivity index (χ1) is 15.6. The number of carbonyl (C=O) groups is 2. The van der Waals surface area contributed by atoms with Crippen LogP contribution in [0.5, 0.6) is 0 Å². The summed E-state index contributed by atoms with van der Waals surface area (Å²) in [4.78, 5) is 25.8. The van der Waals surface area contributed by atoms with E-state index in [0.717, 1.165) is 24.8 Å². The highest BCUT2D eigenvalue weighted by atomic mass is 16.5. The fourth-order valence-corrected chi connectivity index (χ4v) is 4.72. The molecule has 2 unspecified atom stereocenters. The number of carbonyl (C=O) groups excluding carboxylic acids is 2. The number of rotatable bonds is 10. The lowest BCUT2D eigenvalue weighted by Crippen LogP contribution is -2.59. The van der Waals surface area contributed by atoms with Crippen molar-refractivity contribution >= 4 is 11.9 Å². The number of nitrogens with one attached hydrogen (secondary N) is 2. The number of methoxy groups -OCH3 is 1. The van der Waals surface area contributed by atoms with E-state index in [4.69, 9.17) is 15.2 Å². The normalized spacial score (nSPS) is 25.2. The molecule has 7 heteroatoms. The number of benzene rings is 1. The van der Waals surface area contributed by atoms with Gasteiger partial charge in [-0.15, -0.1) is 0 Å². The Morgan fingerprint density at radius 3 is 2.42 bits per heavy atom. The molecule has 33 heavy (non-hydrogen) atoms. The lowest BCUT2D eigenvalue weighted by atomic mass is 9.81. The Morgan fingerprint density at radius 2 is 1.82 bits per heavy atom. The van der Waals surface area contributed by atoms with Crippen LogP contribution in [0.15, 0.2) is 30.3 Å². The van der Waals surface area contributed by atoms with Gasteiger partial charge in [-0.1, -0.05) is 49.6 Å². The average molecular weight is 460 g/mol. The van der Waals surface area contributed by atoms with Crippen LogP contribution < -0.4 is 16.4 Å². The Balaban J connectivity index is 1.69. The molecule has 3 atom stereocenters. The van der Waals surface area contributed by atoms with Crippen LogP contribution in [0.3, 0.4) is 0 Å². The smallest absolute Gasteiger partial charge is 0.326 e. The minimum atomic E-state index is -0.810. The molecule has 2 fully saturated rings. The first-order valence-electron chi connectivity index (χ1n) is 12.2. The second-order valence-corrected chi connectivity index (χ2v) is 10.7. The largest absolute Gasteiger partial charge is 0.468 e. The van der Waals surface area contributed by atoms with Gasteiger partial charge < -0.3 is 20.5 Å². The number of amides is 1. The summed E-state index contributed by atoms with van der Waals surface area (Å²) in [6.07, 6.45) is 5.81. The predicted molar refractivity (Wildman–Crippen MR) is 129 cm³/mol. The van der Waals surface area contributed by atoms with Gasteiger partial charge in [0.2, 0.25) is 5.91 Å². The van der Waals surface area contributed by atoms with Crippen molar-refractivity contribution in [1.82, 2.24) is 10.6 Å². The van der Waals surface area contributed by atoms with Gasteiger partial charge in [0.1, 0.15) is 5.54 Å². The predicted octanol–water partition coefficient (Wildman–Crippen LogP) is 2.71. The maximum atomic E-state index is 13.2. The van der Waals surface area contributed by atoms with Crippen molar-refractivity contribution < 1.29 is 19.1 Å². The number of nitrogens with two attached hydrogens (primary N) is 1. The fourth-order valence-electron chi connectivity index (χ4n) is 4.72. The van der Waals surface area contributed by atoms with Crippen molar-refractivity contribution in [2.24, 2.45) is 11.7 Å². The lowest BCUT2D eigenvalue weighted by molar-refractivity contribution is -0.145. The zero-order chi connectivity index (χ0) is 24.1. The van der Waals surface area contributed by atoms with E-state index >= 15 is 0 Å². The molecule has 0 aromatic heterocycles. The molecule has 2 aliphatic carbocycles. The number of hydrogen-bond donors (Lipinski definition) is 3. The highest BCUT2D eigenvalue weighted by molar-refractivity contribution is 5.87. The molecular formula is C26H41N3O4. The van der Waals surface area contributed by atoms with Crippen LogP contribution in [0.2, 0.25) is 0 Å². The van der Waals surface area contributed by atoms with E-state index < -0.39 is 11.1 Å². The topological polar surface area (TPSA) is 103 Å². The Bertz CT molecular complexity index is 802. The minimum absolute atomic E-state index is 0.0384. The Kier molecular flexibility index (Phi) is 8.19. The molecule has 0 spiro atoms. The standard InChI is InChI=1S/C26H41N3O4/c1-24(2,3)33-18-20-16-26(20,23(31)32-4)28-17-21(15-19-11-7-5-8-12-19)29-22(30)25(27)13-9-6-10-14-25/h5,7-8,11-12,20-21,28H,6,9-10,13-18,27H2,1-4H3,(H,29,30)/t20?,21-,26?/m0/s1. The first-order valence-corrected chi connectivity index (χ1v) is 12.2. The van der Waals surface area contributed by atoms with Crippen molar-refractivity contribution in [3.63, 3.8) is 0 Å². The molecule has 2 saturated carbocycles. The summed E-state index contributed by atoms with van der Waals surface area (Å²) in [5.74, 6) is -0.339. The number of esters is 1. The van der Waals surface area contributed by atoms with E-state index in [1.54, 1.807) is 0 Å². The molecule has 1 aromatic carbocycles. The van der Waals surface area contributed by atoms with Gasteiger partial charge in [0.25, 0.3) is 0 Å². The summed E-state index contributed by atoms with van der Waals surface area (Å²) in [6.45, 7) is 6.93. The van der Waals surface area contributed by atoms with Crippen LogP contribution >= 0.6 is 0 Å². The molecule has 184 valence electrons. The van der Waals surface area contributed by atoms with Crippen molar-refractivity contribution in [3.8, 4) is 0 Å². The molecule has 0 heterocycles. The molecule has 7 nitrogen and oxygen atoms in total. The second-order valence-electron chi connectivity index (χ2n) is 10.7. The average Bonchev–Trinajstić information content (AvgIpc) is 3.51. The van der Waals surface area contributed by atoms with E-state index in [1.807, 2.05) is 51.1 Å². The fraction of sp³-hybridized carbons (Fsp3) is 0.692. The Morgan fingerprint density at radius 1 is 1.15 bits per heavy atom. The summed E-state index contributed by atoms with van der Waals surface area (Å²) in [5, 5.41) is 6.63. The van der Waals surface area contributed by atoms with Gasteiger partial charge in [0.05, 0.1) is 24.9 Å². The van der Waals surface area contributed by atoms with E-state index in [2.05, 4.69) is 10.6 Å². The maximum Gasteiger partial charge on any atom is 0.326 e. The van der Waals surface area contributed by atoms with Crippen LogP contribution in [0.1, 0.15) is 64.9 Å². The van der Waals surface area contributed by atoms with Crippen LogP contribution in [-0.4, -0.2) is 54.9 Å². The van der Waals surface area contributed by atoms with E-state index in [1.165, 1.54) is 7.11 Å². The molecule has 1 aromatic rings. The third kappa shape index (κ3) is 6.78. The summed E-state index contributed by atoms with van der Waals surface area (Å²) in [7, 11) is 1.41. The third-order valence-electron chi connectivity index (χ3n) is 6.89. The molecule has 0 radical (unpaired) electrons. The van der Waals surface area contributed by atoms with Gasteiger partial charge in [-0.05, 0) is 52.0 Å². The van der Waals surface area contributed by atoms with E-state index in [0.29, 0.717) is 38.8 Å². The van der Waals surface area contributed by atoms with E-state index in [9.17, 15) is 9.59 Å². The summed E-state index contributed by atoms with van der Waals surface area (Å²) < 4.78 is 11.0. The molecule has 2 aliphatic rings. The minimum Gasteiger partial charge on any atom is -0.468 e. The lowest BCUT2D eigenvalue weighted by Gasteiger charge is -2.34. The molecular weight excluding hydrogens is 418 g/mol. The van der Waals surface area contributed by atoms with Gasteiger partial charge in [-0.3, -0.25) is 14.9 Å². The Hall–Kier alpha value is -1.96. The first kappa shape index (κ1) is 25.7. The summed E-state index contributed by atoms with van der Waals surface area (Å²) in [5.41, 5.74) is 5.75. The summed E-state index contributed by atoms with van der Waals surface area (Å²) in [6, 6.07) is 9.85. The monoisotopic (exact) mass is 459 g/mol. The van der Waals surface area contributed by atoms with Crippen molar-refractivity contribution in [1.29, 1.82) is 0 Å². The molecule has 4 N–H and O–H groups in total. The van der Waals surface area contributed by atoms with Gasteiger partial charge >= 0.3 is 5.97 Å². The van der Waals surface area contributed by atoms with Crippen molar-refractivity contribution in [2.75, 3.05) is 20.3 Å². The molecule has 0 bridgehead atoms. The van der Waals surface area contributed by atoms with Crippen molar-refractivity contribution in [2.45, 2.75) is 88.4 Å². The number of hydrogen-bond acceptors (Lipinski definition) is 6. The zero-order valence-electron chi connectivity index (χ0n) is 20.6. The highest BCUT2D eigenvalue weighted by Gasteiger charge is 2.61. The highest BCUT2D eigenvalue weighted by Crippen LogP contribution is 2.45. The van der Waals surface area contributed by atoms with E-state index in [-0.39, 0.29) is 29.4 Å². The van der Waals surface area contributed by atoms with Gasteiger partial charge in [-0.25, -0.2) is 0 Å². The van der Waals surface area contributed by atoms with Crippen LogP contribution in [0.4, 0.5) is 0 Å². The SMILES string of the molecule is COC(=O)C1(NC[C@H](Cc2ccccc2)NC(=O)C2(N)CCCCC2)CC1COC(C)(C)C. The Labute approximate surface area is 198 Å². The van der Waals surface area contributed by atoms with Gasteiger partial charge in [0.15, 0.2) is 0 Å². The summed E-state index contributed by atoms with van der Waals surface area (Å²) >= 11 is 0. The molecule has 0 saturated heterocycles. The number of ether oxygens (including phenoxy) is 2. The third-order valence-corrected chi connectivity index (χ3v) is 6.89. The zero-order valence-corrected chi connectivity index (χ0v) is 20.6. The maximum absolute atomic E-state index is 13.2. The van der Waals surface area contributed by atoms with Crippen LogP contribution in [0, 0.1) is 5.92 Å². The second kappa shape index (κ2) is 10.5. The van der Waals surface area contributed by atoms with Crippen LogP contribution in [0.25, 0.3) is 0 Å². The molecule has 0 aliphatic heterocycles. The van der Waals surface area contributed by atoms with Gasteiger partial charge in [-0.2, -0.15) is 0 Å². The van der Waals surface area contributed by atoms with Crippen LogP contribution in [-0.2, 0) is 25.5 Å². The quantitative estimate of drug-likeness (QED) is 0.465. The molecule has 1 amide bonds. The molecule has 3 rings (SSSR count). The van der Waals surface area contributed by atoms with Crippen molar-refractivity contribution in [3.05, 3.63) is 35.9 Å².